The summed E-state index contributed by atoms with van der Waals surface area (Å²) < 4.78 is 7.14. The van der Waals surface area contributed by atoms with Gasteiger partial charge >= 0.3 is 0 Å². The first-order valence-corrected chi connectivity index (χ1v) is 4.81. The fourth-order valence-corrected chi connectivity index (χ4v) is 1.70. The van der Waals surface area contributed by atoms with Gasteiger partial charge in [-0.1, -0.05) is 6.07 Å². The summed E-state index contributed by atoms with van der Waals surface area (Å²) in [6.07, 6.45) is 3.45. The molecule has 3 heterocycles. The molecule has 4 nitrogen and oxygen atoms in total. The van der Waals surface area contributed by atoms with E-state index in [1.54, 1.807) is 12.3 Å². The highest BCUT2D eigenvalue weighted by Crippen LogP contribution is 2.22. The molecule has 16 heavy (non-hydrogen) atoms. The van der Waals surface area contributed by atoms with Gasteiger partial charge in [-0.05, 0) is 24.3 Å². The molecule has 0 atom stereocenters. The molecule has 0 fully saturated rings. The number of hydrogen-bond acceptors (Lipinski definition) is 3. The standard InChI is InChI=1S/C12H7N3O/c13-8-9-10-4-1-2-6-15(10)12(14-9)11-5-3-7-16-11/h1-7H. The maximum Gasteiger partial charge on any atom is 0.182 e. The van der Waals surface area contributed by atoms with Crippen LogP contribution in [0.4, 0.5) is 0 Å². The van der Waals surface area contributed by atoms with Crippen molar-refractivity contribution >= 4 is 5.52 Å². The van der Waals surface area contributed by atoms with Gasteiger partial charge in [0.2, 0.25) is 0 Å². The smallest absolute Gasteiger partial charge is 0.182 e. The zero-order chi connectivity index (χ0) is 11.0. The van der Waals surface area contributed by atoms with E-state index >= 15 is 0 Å². The summed E-state index contributed by atoms with van der Waals surface area (Å²) in [6, 6.07) is 11.3. The minimum absolute atomic E-state index is 0.409. The Morgan fingerprint density at radius 1 is 1.25 bits per heavy atom. The molecule has 0 saturated carbocycles. The molecular weight excluding hydrogens is 202 g/mol. The third-order valence-corrected chi connectivity index (χ3v) is 2.40. The third kappa shape index (κ3) is 1.12. The molecule has 0 aliphatic heterocycles. The van der Waals surface area contributed by atoms with Crippen LogP contribution in [0.5, 0.6) is 0 Å². The van der Waals surface area contributed by atoms with Crippen LogP contribution < -0.4 is 0 Å². The highest BCUT2D eigenvalue weighted by atomic mass is 16.3. The Labute approximate surface area is 91.4 Å². The van der Waals surface area contributed by atoms with E-state index in [9.17, 15) is 0 Å². The van der Waals surface area contributed by atoms with E-state index in [1.807, 2.05) is 34.9 Å². The van der Waals surface area contributed by atoms with E-state index in [0.717, 1.165) is 5.52 Å². The number of hydrogen-bond donors (Lipinski definition) is 0. The summed E-state index contributed by atoms with van der Waals surface area (Å²) in [4.78, 5) is 4.26. The summed E-state index contributed by atoms with van der Waals surface area (Å²) in [5.41, 5.74) is 1.20. The highest BCUT2D eigenvalue weighted by Gasteiger charge is 2.13. The molecule has 0 saturated heterocycles. The van der Waals surface area contributed by atoms with Crippen molar-refractivity contribution in [2.45, 2.75) is 0 Å². The summed E-state index contributed by atoms with van der Waals surface area (Å²) in [5.74, 6) is 1.31. The predicted molar refractivity (Wildman–Crippen MR) is 57.6 cm³/mol. The first-order valence-electron chi connectivity index (χ1n) is 4.81. The first kappa shape index (κ1) is 8.74. The molecular formula is C12H7N3O. The van der Waals surface area contributed by atoms with Crippen LogP contribution in [0.15, 0.2) is 47.2 Å². The quantitative estimate of drug-likeness (QED) is 0.618. The van der Waals surface area contributed by atoms with E-state index in [4.69, 9.17) is 9.68 Å². The summed E-state index contributed by atoms with van der Waals surface area (Å²) in [5, 5.41) is 8.99. The molecule has 76 valence electrons. The van der Waals surface area contributed by atoms with Crippen LogP contribution in [0.1, 0.15) is 5.69 Å². The molecule has 0 aliphatic rings. The lowest BCUT2D eigenvalue weighted by Crippen LogP contribution is -1.86. The molecule has 0 spiro atoms. The van der Waals surface area contributed by atoms with Gasteiger partial charge in [-0.3, -0.25) is 4.40 Å². The van der Waals surface area contributed by atoms with Crippen molar-refractivity contribution in [3.8, 4) is 17.7 Å². The highest BCUT2D eigenvalue weighted by molar-refractivity contribution is 5.65. The average Bonchev–Trinajstić information content (AvgIpc) is 2.95. The topological polar surface area (TPSA) is 54.2 Å². The minimum Gasteiger partial charge on any atom is -0.461 e. The van der Waals surface area contributed by atoms with Crippen LogP contribution in [0.3, 0.4) is 0 Å². The maximum absolute atomic E-state index is 8.99. The van der Waals surface area contributed by atoms with Gasteiger partial charge in [0, 0.05) is 6.20 Å². The van der Waals surface area contributed by atoms with Crippen LogP contribution >= 0.6 is 0 Å². The van der Waals surface area contributed by atoms with Gasteiger partial charge in [0.1, 0.15) is 6.07 Å². The lowest BCUT2D eigenvalue weighted by Gasteiger charge is -1.95. The zero-order valence-corrected chi connectivity index (χ0v) is 8.29. The number of fused-ring (bicyclic) bond motifs is 1. The molecule has 0 aromatic carbocycles. The molecule has 3 aromatic rings. The SMILES string of the molecule is N#Cc1nc(-c2ccco2)n2ccccc12. The second-order valence-corrected chi connectivity index (χ2v) is 3.33. The van der Waals surface area contributed by atoms with Crippen molar-refractivity contribution in [1.29, 1.82) is 5.26 Å². The summed E-state index contributed by atoms with van der Waals surface area (Å²) in [6.45, 7) is 0. The Bertz CT molecular complexity index is 674. The van der Waals surface area contributed by atoms with Crippen LogP contribution in [0.2, 0.25) is 0 Å². The van der Waals surface area contributed by atoms with E-state index < -0.39 is 0 Å². The van der Waals surface area contributed by atoms with Gasteiger partial charge in [-0.2, -0.15) is 5.26 Å². The van der Waals surface area contributed by atoms with Crippen molar-refractivity contribution in [3.63, 3.8) is 0 Å². The lowest BCUT2D eigenvalue weighted by atomic mass is 10.3. The Morgan fingerprint density at radius 2 is 2.19 bits per heavy atom. The normalized spacial score (nSPS) is 10.4. The Balaban J connectivity index is 2.39. The molecule has 3 aromatic heterocycles. The number of pyridine rings is 1. The van der Waals surface area contributed by atoms with Crippen LogP contribution in [0, 0.1) is 11.3 Å². The van der Waals surface area contributed by atoms with Gasteiger partial charge in [0.25, 0.3) is 0 Å². The minimum atomic E-state index is 0.409. The van der Waals surface area contributed by atoms with E-state index in [-0.39, 0.29) is 0 Å². The number of furan rings is 1. The van der Waals surface area contributed by atoms with E-state index in [1.165, 1.54) is 0 Å². The van der Waals surface area contributed by atoms with Crippen molar-refractivity contribution in [2.24, 2.45) is 0 Å². The second-order valence-electron chi connectivity index (χ2n) is 3.33. The van der Waals surface area contributed by atoms with Gasteiger partial charge in [0.15, 0.2) is 17.3 Å². The molecule has 4 heteroatoms. The monoisotopic (exact) mass is 209 g/mol. The lowest BCUT2D eigenvalue weighted by molar-refractivity contribution is 0.577. The van der Waals surface area contributed by atoms with Gasteiger partial charge in [-0.25, -0.2) is 4.98 Å². The zero-order valence-electron chi connectivity index (χ0n) is 8.29. The third-order valence-electron chi connectivity index (χ3n) is 2.40. The molecule has 3 rings (SSSR count). The predicted octanol–water partition coefficient (Wildman–Crippen LogP) is 2.47. The Morgan fingerprint density at radius 3 is 2.94 bits per heavy atom. The van der Waals surface area contributed by atoms with Crippen molar-refractivity contribution in [2.75, 3.05) is 0 Å². The molecule has 0 unspecified atom stereocenters. The first-order chi connectivity index (χ1) is 7.90. The van der Waals surface area contributed by atoms with Crippen molar-refractivity contribution < 1.29 is 4.42 Å². The average molecular weight is 209 g/mol. The Hall–Kier alpha value is -2.54. The van der Waals surface area contributed by atoms with Gasteiger partial charge < -0.3 is 4.42 Å². The molecule has 0 N–H and O–H groups in total. The molecule has 0 radical (unpaired) electrons. The van der Waals surface area contributed by atoms with Crippen molar-refractivity contribution in [1.82, 2.24) is 9.38 Å². The van der Waals surface area contributed by atoms with Crippen LogP contribution in [0.25, 0.3) is 17.1 Å². The largest absolute Gasteiger partial charge is 0.461 e. The van der Waals surface area contributed by atoms with Gasteiger partial charge in [-0.15, -0.1) is 0 Å². The summed E-state index contributed by atoms with van der Waals surface area (Å²) >= 11 is 0. The van der Waals surface area contributed by atoms with Crippen molar-refractivity contribution in [3.05, 3.63) is 48.5 Å². The van der Waals surface area contributed by atoms with Crippen LogP contribution in [-0.2, 0) is 0 Å². The van der Waals surface area contributed by atoms with E-state index in [0.29, 0.717) is 17.3 Å². The van der Waals surface area contributed by atoms with Crippen LogP contribution in [-0.4, -0.2) is 9.38 Å². The number of rotatable bonds is 1. The fourth-order valence-electron chi connectivity index (χ4n) is 1.70. The molecule has 0 bridgehead atoms. The number of aromatic nitrogens is 2. The van der Waals surface area contributed by atoms with E-state index in [2.05, 4.69) is 11.1 Å². The number of nitriles is 1. The number of imidazole rings is 1. The number of nitrogens with zero attached hydrogens (tertiary/aromatic N) is 3. The Kier molecular flexibility index (Phi) is 1.77. The molecule has 0 aliphatic carbocycles. The molecule has 0 amide bonds. The second kappa shape index (κ2) is 3.24. The van der Waals surface area contributed by atoms with Gasteiger partial charge in [0.05, 0.1) is 11.8 Å². The fraction of sp³-hybridized carbons (Fsp3) is 0. The summed E-state index contributed by atoms with van der Waals surface area (Å²) in [7, 11) is 0. The maximum atomic E-state index is 8.99.